The monoisotopic (exact) mass is 181 g/mol. The maximum Gasteiger partial charge on any atom is 0.322 e. The highest BCUT2D eigenvalue weighted by molar-refractivity contribution is 5.74. The van der Waals surface area contributed by atoms with Crippen LogP contribution >= 0.6 is 0 Å². The summed E-state index contributed by atoms with van der Waals surface area (Å²) in [5, 5.41) is 8.58. The third-order valence-corrected chi connectivity index (χ3v) is 1.70. The fourth-order valence-electron chi connectivity index (χ4n) is 0.911. The second kappa shape index (κ2) is 3.97. The number of aromatic nitrogens is 1. The maximum absolute atomic E-state index is 10.5. The van der Waals surface area contributed by atoms with Crippen LogP contribution in [-0.2, 0) is 4.79 Å². The van der Waals surface area contributed by atoms with Gasteiger partial charge in [-0.3, -0.25) is 9.78 Å². The molecule has 0 fully saturated rings. The Balaban J connectivity index is 2.79. The van der Waals surface area contributed by atoms with Crippen molar-refractivity contribution in [1.82, 2.24) is 4.98 Å². The van der Waals surface area contributed by atoms with Gasteiger partial charge in [0, 0.05) is 6.20 Å². The molecular formula is C8H11N3O2. The molecule has 2 atom stereocenters. The van der Waals surface area contributed by atoms with Crippen molar-refractivity contribution >= 4 is 5.97 Å². The fraction of sp³-hybridized carbons (Fsp3) is 0.250. The first kappa shape index (κ1) is 9.63. The summed E-state index contributed by atoms with van der Waals surface area (Å²) in [7, 11) is 0. The minimum absolute atomic E-state index is 0.484. The summed E-state index contributed by atoms with van der Waals surface area (Å²) in [6, 6.07) is 3.22. The van der Waals surface area contributed by atoms with Gasteiger partial charge >= 0.3 is 5.97 Å². The zero-order chi connectivity index (χ0) is 9.84. The van der Waals surface area contributed by atoms with E-state index in [2.05, 4.69) is 4.98 Å². The van der Waals surface area contributed by atoms with Crippen molar-refractivity contribution in [1.29, 1.82) is 0 Å². The van der Waals surface area contributed by atoms with Crippen LogP contribution in [0.3, 0.4) is 0 Å². The van der Waals surface area contributed by atoms with Crippen molar-refractivity contribution < 1.29 is 9.90 Å². The van der Waals surface area contributed by atoms with Crippen molar-refractivity contribution in [3.05, 3.63) is 30.1 Å². The lowest BCUT2D eigenvalue weighted by Crippen LogP contribution is -2.41. The Morgan fingerprint density at radius 2 is 2.15 bits per heavy atom. The van der Waals surface area contributed by atoms with Gasteiger partial charge in [0.15, 0.2) is 0 Å². The zero-order valence-corrected chi connectivity index (χ0v) is 6.92. The van der Waals surface area contributed by atoms with Gasteiger partial charge in [-0.1, -0.05) is 6.07 Å². The van der Waals surface area contributed by atoms with E-state index in [0.717, 1.165) is 0 Å². The molecule has 1 heterocycles. The molecule has 70 valence electrons. The summed E-state index contributed by atoms with van der Waals surface area (Å²) in [6.45, 7) is 0. The van der Waals surface area contributed by atoms with Gasteiger partial charge in [0.2, 0.25) is 0 Å². The molecule has 5 heteroatoms. The summed E-state index contributed by atoms with van der Waals surface area (Å²) in [5.41, 5.74) is 11.4. The average molecular weight is 181 g/mol. The third-order valence-electron chi connectivity index (χ3n) is 1.70. The summed E-state index contributed by atoms with van der Waals surface area (Å²) in [6.07, 6.45) is 1.55. The van der Waals surface area contributed by atoms with E-state index in [-0.39, 0.29) is 0 Å². The molecule has 0 saturated heterocycles. The largest absolute Gasteiger partial charge is 0.480 e. The van der Waals surface area contributed by atoms with E-state index >= 15 is 0 Å². The highest BCUT2D eigenvalue weighted by Crippen LogP contribution is 2.08. The van der Waals surface area contributed by atoms with E-state index in [1.807, 2.05) is 0 Å². The lowest BCUT2D eigenvalue weighted by atomic mass is 10.1. The van der Waals surface area contributed by atoms with Crippen molar-refractivity contribution in [3.63, 3.8) is 0 Å². The SMILES string of the molecule is NC(C(=O)O)C(N)c1ccccn1. The molecule has 0 spiro atoms. The number of nitrogens with two attached hydrogens (primary N) is 2. The van der Waals surface area contributed by atoms with E-state index in [1.54, 1.807) is 24.4 Å². The van der Waals surface area contributed by atoms with Gasteiger partial charge in [0.1, 0.15) is 6.04 Å². The van der Waals surface area contributed by atoms with Crippen molar-refractivity contribution in [2.45, 2.75) is 12.1 Å². The number of nitrogens with zero attached hydrogens (tertiary/aromatic N) is 1. The summed E-state index contributed by atoms with van der Waals surface area (Å²) in [5.74, 6) is -1.13. The minimum Gasteiger partial charge on any atom is -0.480 e. The van der Waals surface area contributed by atoms with Crippen LogP contribution in [0.5, 0.6) is 0 Å². The first-order valence-corrected chi connectivity index (χ1v) is 3.78. The number of carboxylic acids is 1. The Labute approximate surface area is 75.4 Å². The predicted molar refractivity (Wildman–Crippen MR) is 46.8 cm³/mol. The van der Waals surface area contributed by atoms with E-state index in [0.29, 0.717) is 5.69 Å². The first-order valence-electron chi connectivity index (χ1n) is 3.78. The number of hydrogen-bond donors (Lipinski definition) is 3. The van der Waals surface area contributed by atoms with Crippen LogP contribution in [0.1, 0.15) is 11.7 Å². The molecule has 0 aliphatic heterocycles. The Bertz CT molecular complexity index is 289. The Hall–Kier alpha value is -1.46. The Kier molecular flexibility index (Phi) is 2.94. The topological polar surface area (TPSA) is 102 Å². The molecule has 0 amide bonds. The van der Waals surface area contributed by atoms with Gasteiger partial charge in [-0.25, -0.2) is 0 Å². The standard InChI is InChI=1S/C8H11N3O2/c9-6(7(10)8(12)13)5-3-1-2-4-11-5/h1-4,6-7H,9-10H2,(H,12,13). The number of aliphatic carboxylic acids is 1. The van der Waals surface area contributed by atoms with E-state index in [4.69, 9.17) is 16.6 Å². The van der Waals surface area contributed by atoms with Gasteiger partial charge in [-0.15, -0.1) is 0 Å². The van der Waals surface area contributed by atoms with Crippen LogP contribution < -0.4 is 11.5 Å². The van der Waals surface area contributed by atoms with E-state index < -0.39 is 18.1 Å². The molecule has 13 heavy (non-hydrogen) atoms. The number of rotatable bonds is 3. The van der Waals surface area contributed by atoms with Gasteiger partial charge in [0.05, 0.1) is 11.7 Å². The molecule has 0 aliphatic carbocycles. The van der Waals surface area contributed by atoms with Crippen LogP contribution in [0.4, 0.5) is 0 Å². The van der Waals surface area contributed by atoms with Gasteiger partial charge in [0.25, 0.3) is 0 Å². The second-order valence-electron chi connectivity index (χ2n) is 2.64. The highest BCUT2D eigenvalue weighted by Gasteiger charge is 2.22. The Morgan fingerprint density at radius 1 is 1.46 bits per heavy atom. The van der Waals surface area contributed by atoms with Gasteiger partial charge in [-0.2, -0.15) is 0 Å². The summed E-state index contributed by atoms with van der Waals surface area (Å²) < 4.78 is 0. The molecule has 5 nitrogen and oxygen atoms in total. The van der Waals surface area contributed by atoms with Crippen molar-refractivity contribution in [3.8, 4) is 0 Å². The molecule has 0 bridgehead atoms. The molecular weight excluding hydrogens is 170 g/mol. The van der Waals surface area contributed by atoms with Crippen LogP contribution in [0, 0.1) is 0 Å². The van der Waals surface area contributed by atoms with E-state index in [9.17, 15) is 4.79 Å². The van der Waals surface area contributed by atoms with Crippen LogP contribution in [0.2, 0.25) is 0 Å². The van der Waals surface area contributed by atoms with Crippen LogP contribution in [-0.4, -0.2) is 22.1 Å². The molecule has 2 unspecified atom stereocenters. The lowest BCUT2D eigenvalue weighted by molar-refractivity contribution is -0.139. The number of carbonyl (C=O) groups is 1. The molecule has 0 aliphatic rings. The number of pyridine rings is 1. The maximum atomic E-state index is 10.5. The van der Waals surface area contributed by atoms with Crippen LogP contribution in [0.15, 0.2) is 24.4 Å². The first-order chi connectivity index (χ1) is 6.13. The van der Waals surface area contributed by atoms with Gasteiger partial charge in [-0.05, 0) is 12.1 Å². The predicted octanol–water partition coefficient (Wildman–Crippen LogP) is -0.507. The molecule has 1 rings (SSSR count). The summed E-state index contributed by atoms with van der Waals surface area (Å²) >= 11 is 0. The molecule has 1 aromatic heterocycles. The van der Waals surface area contributed by atoms with Crippen LogP contribution in [0.25, 0.3) is 0 Å². The zero-order valence-electron chi connectivity index (χ0n) is 6.92. The normalized spacial score (nSPS) is 14.9. The Morgan fingerprint density at radius 3 is 2.62 bits per heavy atom. The lowest BCUT2D eigenvalue weighted by Gasteiger charge is -2.14. The van der Waals surface area contributed by atoms with Crippen molar-refractivity contribution in [2.75, 3.05) is 0 Å². The second-order valence-corrected chi connectivity index (χ2v) is 2.64. The van der Waals surface area contributed by atoms with Gasteiger partial charge < -0.3 is 16.6 Å². The third kappa shape index (κ3) is 2.24. The summed E-state index contributed by atoms with van der Waals surface area (Å²) in [4.78, 5) is 14.4. The van der Waals surface area contributed by atoms with Crippen molar-refractivity contribution in [2.24, 2.45) is 11.5 Å². The highest BCUT2D eigenvalue weighted by atomic mass is 16.4. The molecule has 5 N–H and O–H groups in total. The average Bonchev–Trinajstić information content (AvgIpc) is 2.17. The molecule has 0 radical (unpaired) electrons. The smallest absolute Gasteiger partial charge is 0.322 e. The van der Waals surface area contributed by atoms with E-state index in [1.165, 1.54) is 0 Å². The fourth-order valence-corrected chi connectivity index (χ4v) is 0.911. The molecule has 0 aromatic carbocycles. The molecule has 0 saturated carbocycles. The number of hydrogen-bond acceptors (Lipinski definition) is 4. The minimum atomic E-state index is -1.13. The molecule has 1 aromatic rings. The quantitative estimate of drug-likeness (QED) is 0.583. The number of carboxylic acid groups (broad SMARTS) is 1.